The first kappa shape index (κ1) is 20.5. The zero-order valence-corrected chi connectivity index (χ0v) is 19.0. The first-order valence-electron chi connectivity index (χ1n) is 12.7. The fraction of sp³-hybridized carbons (Fsp3) is 0.962. The van der Waals surface area contributed by atoms with Gasteiger partial charge in [0, 0.05) is 12.5 Å². The van der Waals surface area contributed by atoms with E-state index in [-0.39, 0.29) is 5.41 Å². The Labute approximate surface area is 178 Å². The van der Waals surface area contributed by atoms with Gasteiger partial charge in [0.1, 0.15) is 5.78 Å². The Hall–Kier alpha value is -0.410. The summed E-state index contributed by atoms with van der Waals surface area (Å²) in [4.78, 5) is 15.8. The molecule has 4 saturated carbocycles. The predicted octanol–water partition coefficient (Wildman–Crippen LogP) is 4.92. The van der Waals surface area contributed by atoms with Gasteiger partial charge in [-0.1, -0.05) is 13.8 Å². The maximum Gasteiger partial charge on any atom is 0.150 e. The van der Waals surface area contributed by atoms with E-state index in [1.807, 2.05) is 0 Å². The van der Waals surface area contributed by atoms with Crippen LogP contribution in [0.5, 0.6) is 0 Å². The van der Waals surface area contributed by atoms with E-state index >= 15 is 0 Å². The molecular weight excluding hydrogens is 358 g/mol. The lowest BCUT2D eigenvalue weighted by molar-refractivity contribution is -0.133. The number of fused-ring (bicyclic) bond motifs is 5. The second-order valence-corrected chi connectivity index (χ2v) is 12.4. The lowest BCUT2D eigenvalue weighted by atomic mass is 9.49. The molecule has 4 aliphatic carbocycles. The van der Waals surface area contributed by atoms with Crippen molar-refractivity contribution in [3.63, 3.8) is 0 Å². The normalized spacial score (nSPS) is 52.6. The van der Waals surface area contributed by atoms with Gasteiger partial charge in [-0.2, -0.15) is 0 Å². The van der Waals surface area contributed by atoms with Crippen molar-refractivity contribution in [2.75, 3.05) is 19.6 Å². The number of hydrogen-bond acceptors (Lipinski definition) is 3. The van der Waals surface area contributed by atoms with E-state index in [2.05, 4.69) is 25.7 Å². The number of carbonyl (C=O) groups is 1. The highest BCUT2D eigenvalue weighted by Gasteiger charge is 2.58. The number of likely N-dealkylation sites (tertiary alicyclic amines) is 1. The Bertz CT molecular complexity index is 645. The zero-order chi connectivity index (χ0) is 20.4. The molecule has 0 aromatic rings. The van der Waals surface area contributed by atoms with Crippen LogP contribution in [0, 0.1) is 46.8 Å². The SMILES string of the molecule is CC1CCN(CC(=O)C2CCC3C4CCC5CC(C)(O)CCC5C4CCC23C)C1. The van der Waals surface area contributed by atoms with Crippen LogP contribution in [0.3, 0.4) is 0 Å². The fourth-order valence-corrected chi connectivity index (χ4v) is 9.11. The Morgan fingerprint density at radius 3 is 2.52 bits per heavy atom. The Morgan fingerprint density at radius 1 is 0.966 bits per heavy atom. The fourth-order valence-electron chi connectivity index (χ4n) is 9.11. The third kappa shape index (κ3) is 3.53. The third-order valence-electron chi connectivity index (χ3n) is 10.5. The summed E-state index contributed by atoms with van der Waals surface area (Å²) in [5.41, 5.74) is -0.161. The molecule has 3 nitrogen and oxygen atoms in total. The van der Waals surface area contributed by atoms with Crippen molar-refractivity contribution in [3.8, 4) is 0 Å². The first-order chi connectivity index (χ1) is 13.8. The van der Waals surface area contributed by atoms with E-state index in [9.17, 15) is 9.90 Å². The monoisotopic (exact) mass is 401 g/mol. The quantitative estimate of drug-likeness (QED) is 0.730. The van der Waals surface area contributed by atoms with Gasteiger partial charge in [0.15, 0.2) is 0 Å². The Kier molecular flexibility index (Phi) is 5.18. The van der Waals surface area contributed by atoms with Crippen molar-refractivity contribution in [3.05, 3.63) is 0 Å². The van der Waals surface area contributed by atoms with Crippen LogP contribution in [-0.2, 0) is 4.79 Å². The largest absolute Gasteiger partial charge is 0.390 e. The van der Waals surface area contributed by atoms with Crippen LogP contribution >= 0.6 is 0 Å². The molecule has 0 spiro atoms. The standard InChI is InChI=1S/C26H43NO2/c1-17-10-13-27(15-17)16-24(28)23-7-6-22-21-5-4-18-14-25(2,29)11-8-19(18)20(21)9-12-26(22,23)3/h17-23,29H,4-16H2,1-3H3. The highest BCUT2D eigenvalue weighted by molar-refractivity contribution is 5.84. The van der Waals surface area contributed by atoms with Crippen molar-refractivity contribution in [1.29, 1.82) is 0 Å². The van der Waals surface area contributed by atoms with Gasteiger partial charge in [-0.05, 0) is 119 Å². The summed E-state index contributed by atoms with van der Waals surface area (Å²) in [5, 5.41) is 10.6. The van der Waals surface area contributed by atoms with Gasteiger partial charge in [0.05, 0.1) is 12.1 Å². The van der Waals surface area contributed by atoms with E-state index in [1.165, 1.54) is 44.9 Å². The number of aliphatic hydroxyl groups is 1. The summed E-state index contributed by atoms with van der Waals surface area (Å²) in [7, 11) is 0. The number of ketones is 1. The molecule has 9 unspecified atom stereocenters. The number of rotatable bonds is 3. The van der Waals surface area contributed by atoms with Gasteiger partial charge in [-0.15, -0.1) is 0 Å². The molecule has 0 aromatic heterocycles. The lowest BCUT2D eigenvalue weighted by Crippen LogP contribution is -2.51. The van der Waals surface area contributed by atoms with Crippen LogP contribution in [0.25, 0.3) is 0 Å². The van der Waals surface area contributed by atoms with E-state index in [1.54, 1.807) is 0 Å². The number of hydrogen-bond donors (Lipinski definition) is 1. The molecule has 0 bridgehead atoms. The van der Waals surface area contributed by atoms with Crippen molar-refractivity contribution in [2.45, 2.75) is 90.6 Å². The third-order valence-corrected chi connectivity index (χ3v) is 10.5. The van der Waals surface area contributed by atoms with Crippen LogP contribution in [0.4, 0.5) is 0 Å². The minimum atomic E-state index is -0.422. The maximum atomic E-state index is 13.4. The second-order valence-electron chi connectivity index (χ2n) is 12.4. The molecule has 1 saturated heterocycles. The highest BCUT2D eigenvalue weighted by Crippen LogP contribution is 2.64. The molecule has 1 heterocycles. The summed E-state index contributed by atoms with van der Waals surface area (Å²) >= 11 is 0. The van der Waals surface area contributed by atoms with Gasteiger partial charge < -0.3 is 5.11 Å². The number of carbonyl (C=O) groups excluding carboxylic acids is 1. The van der Waals surface area contributed by atoms with Crippen molar-refractivity contribution in [1.82, 2.24) is 4.90 Å². The molecule has 164 valence electrons. The van der Waals surface area contributed by atoms with Crippen LogP contribution in [0.15, 0.2) is 0 Å². The Morgan fingerprint density at radius 2 is 1.76 bits per heavy atom. The number of Topliss-reactive ketones (excluding diaryl/α,β-unsaturated/α-hetero) is 1. The molecular formula is C26H43NO2. The average Bonchev–Trinajstić information content (AvgIpc) is 3.22. The molecule has 29 heavy (non-hydrogen) atoms. The minimum Gasteiger partial charge on any atom is -0.390 e. The molecule has 1 N–H and O–H groups in total. The smallest absolute Gasteiger partial charge is 0.150 e. The maximum absolute atomic E-state index is 13.4. The van der Waals surface area contributed by atoms with E-state index < -0.39 is 5.60 Å². The highest BCUT2D eigenvalue weighted by atomic mass is 16.3. The minimum absolute atomic E-state index is 0.261. The summed E-state index contributed by atoms with van der Waals surface area (Å²) in [5.74, 6) is 5.73. The van der Waals surface area contributed by atoms with Crippen molar-refractivity contribution in [2.24, 2.45) is 46.8 Å². The topological polar surface area (TPSA) is 40.5 Å². The molecule has 5 aliphatic rings. The Balaban J connectivity index is 1.28. The van der Waals surface area contributed by atoms with Crippen LogP contribution in [-0.4, -0.2) is 41.0 Å². The summed E-state index contributed by atoms with van der Waals surface area (Å²) in [6.45, 7) is 9.83. The van der Waals surface area contributed by atoms with E-state index in [0.29, 0.717) is 18.2 Å². The molecule has 1 aliphatic heterocycles. The van der Waals surface area contributed by atoms with Crippen LogP contribution in [0.2, 0.25) is 0 Å². The summed E-state index contributed by atoms with van der Waals surface area (Å²) in [6, 6.07) is 0. The molecule has 3 heteroatoms. The molecule has 0 amide bonds. The predicted molar refractivity (Wildman–Crippen MR) is 116 cm³/mol. The van der Waals surface area contributed by atoms with E-state index in [4.69, 9.17) is 0 Å². The first-order valence-corrected chi connectivity index (χ1v) is 12.7. The molecule has 0 radical (unpaired) electrons. The van der Waals surface area contributed by atoms with Gasteiger partial charge in [0.25, 0.3) is 0 Å². The van der Waals surface area contributed by atoms with E-state index in [0.717, 1.165) is 67.9 Å². The van der Waals surface area contributed by atoms with Gasteiger partial charge in [-0.3, -0.25) is 9.69 Å². The molecule has 5 fully saturated rings. The number of nitrogens with zero attached hydrogens (tertiary/aromatic N) is 1. The van der Waals surface area contributed by atoms with Gasteiger partial charge in [0.2, 0.25) is 0 Å². The molecule has 5 rings (SSSR count). The zero-order valence-electron chi connectivity index (χ0n) is 19.0. The molecule has 9 atom stereocenters. The average molecular weight is 402 g/mol. The van der Waals surface area contributed by atoms with Crippen molar-refractivity contribution < 1.29 is 9.90 Å². The van der Waals surface area contributed by atoms with Crippen LogP contribution in [0.1, 0.15) is 85.0 Å². The summed E-state index contributed by atoms with van der Waals surface area (Å²) in [6.07, 6.45) is 12.2. The van der Waals surface area contributed by atoms with Gasteiger partial charge >= 0.3 is 0 Å². The van der Waals surface area contributed by atoms with Crippen LogP contribution < -0.4 is 0 Å². The second kappa shape index (κ2) is 7.33. The molecule has 0 aromatic carbocycles. The lowest BCUT2D eigenvalue weighted by Gasteiger charge is -2.56. The van der Waals surface area contributed by atoms with Gasteiger partial charge in [-0.25, -0.2) is 0 Å². The summed E-state index contributed by atoms with van der Waals surface area (Å²) < 4.78 is 0. The van der Waals surface area contributed by atoms with Crippen molar-refractivity contribution >= 4 is 5.78 Å².